The molecular formula is C19H24N2O4. The minimum absolute atomic E-state index is 0.109. The van der Waals surface area contributed by atoms with Gasteiger partial charge in [-0.3, -0.25) is 4.79 Å². The van der Waals surface area contributed by atoms with Crippen LogP contribution in [0.25, 0.3) is 0 Å². The second kappa shape index (κ2) is 9.54. The van der Waals surface area contributed by atoms with Crippen LogP contribution < -0.4 is 24.8 Å². The number of hydrogen-bond acceptors (Lipinski definition) is 5. The highest BCUT2D eigenvalue weighted by atomic mass is 16.5. The lowest BCUT2D eigenvalue weighted by molar-refractivity contribution is -0.115. The van der Waals surface area contributed by atoms with Crippen molar-refractivity contribution in [3.8, 4) is 17.2 Å². The van der Waals surface area contributed by atoms with Crippen LogP contribution in [0.5, 0.6) is 17.2 Å². The van der Waals surface area contributed by atoms with Gasteiger partial charge in [0.1, 0.15) is 5.75 Å². The van der Waals surface area contributed by atoms with Crippen molar-refractivity contribution in [3.63, 3.8) is 0 Å². The summed E-state index contributed by atoms with van der Waals surface area (Å²) in [5.41, 5.74) is 1.85. The first kappa shape index (κ1) is 18.6. The number of hydrogen-bond donors (Lipinski definition) is 2. The van der Waals surface area contributed by atoms with Gasteiger partial charge in [-0.25, -0.2) is 0 Å². The molecule has 0 aliphatic heterocycles. The third-order valence-electron chi connectivity index (χ3n) is 3.70. The van der Waals surface area contributed by atoms with Crippen LogP contribution in [0.4, 0.5) is 5.69 Å². The molecule has 0 bridgehead atoms. The zero-order valence-electron chi connectivity index (χ0n) is 14.8. The molecule has 0 aliphatic rings. The maximum absolute atomic E-state index is 12.0. The minimum atomic E-state index is -0.109. The summed E-state index contributed by atoms with van der Waals surface area (Å²) in [6.45, 7) is 0.955. The van der Waals surface area contributed by atoms with Gasteiger partial charge in [0.25, 0.3) is 0 Å². The van der Waals surface area contributed by atoms with Gasteiger partial charge in [-0.1, -0.05) is 12.1 Å². The number of nitrogens with one attached hydrogen (secondary N) is 2. The first-order chi connectivity index (χ1) is 12.2. The molecule has 0 atom stereocenters. The Morgan fingerprint density at radius 2 is 1.64 bits per heavy atom. The van der Waals surface area contributed by atoms with Gasteiger partial charge >= 0.3 is 0 Å². The Morgan fingerprint density at radius 3 is 2.28 bits per heavy atom. The lowest BCUT2D eigenvalue weighted by Crippen LogP contribution is -2.29. The van der Waals surface area contributed by atoms with Crippen molar-refractivity contribution in [1.29, 1.82) is 0 Å². The third kappa shape index (κ3) is 5.69. The normalized spacial score (nSPS) is 10.2. The fourth-order valence-electron chi connectivity index (χ4n) is 2.35. The molecule has 0 aliphatic carbocycles. The molecule has 0 spiro atoms. The number of methoxy groups -OCH3 is 3. The molecule has 0 aromatic heterocycles. The third-order valence-corrected chi connectivity index (χ3v) is 3.70. The van der Waals surface area contributed by atoms with E-state index < -0.39 is 0 Å². The molecule has 0 fully saturated rings. The molecule has 134 valence electrons. The lowest BCUT2D eigenvalue weighted by Gasteiger charge is -2.11. The maximum Gasteiger partial charge on any atom is 0.238 e. The van der Waals surface area contributed by atoms with E-state index in [1.165, 1.54) is 5.56 Å². The van der Waals surface area contributed by atoms with Gasteiger partial charge in [0.05, 0.1) is 27.9 Å². The van der Waals surface area contributed by atoms with Crippen LogP contribution in [0.2, 0.25) is 0 Å². The molecule has 2 aromatic rings. The molecule has 0 radical (unpaired) electrons. The Morgan fingerprint density at radius 1 is 0.920 bits per heavy atom. The van der Waals surface area contributed by atoms with Crippen molar-refractivity contribution in [2.24, 2.45) is 0 Å². The first-order valence-electron chi connectivity index (χ1n) is 8.01. The van der Waals surface area contributed by atoms with E-state index in [2.05, 4.69) is 10.6 Å². The summed E-state index contributed by atoms with van der Waals surface area (Å²) in [6.07, 6.45) is 0.841. The van der Waals surface area contributed by atoms with Gasteiger partial charge in [-0.2, -0.15) is 0 Å². The summed E-state index contributed by atoms with van der Waals surface area (Å²) in [4.78, 5) is 12.0. The van der Waals surface area contributed by atoms with Crippen LogP contribution in [0.15, 0.2) is 42.5 Å². The molecule has 6 nitrogen and oxygen atoms in total. The summed E-state index contributed by atoms with van der Waals surface area (Å²) < 4.78 is 15.5. The molecule has 0 unspecified atom stereocenters. The standard InChI is InChI=1S/C19H24N2O4/c1-23-16-7-4-14(5-8-16)10-11-20-13-19(22)21-15-6-9-17(24-2)18(12-15)25-3/h4-9,12,20H,10-11,13H2,1-3H3,(H,21,22). The smallest absolute Gasteiger partial charge is 0.238 e. The molecule has 1 amide bonds. The fraction of sp³-hybridized carbons (Fsp3) is 0.316. The average Bonchev–Trinajstić information content (AvgIpc) is 2.65. The van der Waals surface area contributed by atoms with Crippen molar-refractivity contribution in [2.45, 2.75) is 6.42 Å². The van der Waals surface area contributed by atoms with Crippen LogP contribution in [-0.2, 0) is 11.2 Å². The van der Waals surface area contributed by atoms with E-state index in [-0.39, 0.29) is 12.5 Å². The highest BCUT2D eigenvalue weighted by molar-refractivity contribution is 5.92. The number of carbonyl (C=O) groups is 1. The number of amides is 1. The summed E-state index contributed by atoms with van der Waals surface area (Å²) in [6, 6.07) is 13.2. The van der Waals surface area contributed by atoms with E-state index in [0.29, 0.717) is 23.7 Å². The fourth-order valence-corrected chi connectivity index (χ4v) is 2.35. The summed E-state index contributed by atoms with van der Waals surface area (Å²) in [7, 11) is 4.78. The van der Waals surface area contributed by atoms with Crippen LogP contribution in [0.1, 0.15) is 5.56 Å². The van der Waals surface area contributed by atoms with Crippen molar-refractivity contribution in [1.82, 2.24) is 5.32 Å². The van der Waals surface area contributed by atoms with Crippen molar-refractivity contribution in [2.75, 3.05) is 39.7 Å². The summed E-state index contributed by atoms with van der Waals surface area (Å²) in [5, 5.41) is 5.96. The molecule has 2 rings (SSSR count). The average molecular weight is 344 g/mol. The largest absolute Gasteiger partial charge is 0.497 e. The van der Waals surface area contributed by atoms with Crippen LogP contribution in [-0.4, -0.2) is 40.3 Å². The minimum Gasteiger partial charge on any atom is -0.497 e. The zero-order valence-corrected chi connectivity index (χ0v) is 14.8. The highest BCUT2D eigenvalue weighted by Gasteiger charge is 2.07. The number of ether oxygens (including phenoxy) is 3. The van der Waals surface area contributed by atoms with Crippen LogP contribution in [0.3, 0.4) is 0 Å². The summed E-state index contributed by atoms with van der Waals surface area (Å²) in [5.74, 6) is 1.93. The van der Waals surface area contributed by atoms with Crippen LogP contribution >= 0.6 is 0 Å². The van der Waals surface area contributed by atoms with Crippen molar-refractivity contribution in [3.05, 3.63) is 48.0 Å². The van der Waals surface area contributed by atoms with Crippen LogP contribution in [0, 0.1) is 0 Å². The second-order valence-electron chi connectivity index (χ2n) is 5.39. The molecular weight excluding hydrogens is 320 g/mol. The van der Waals surface area contributed by atoms with Crippen molar-refractivity contribution < 1.29 is 19.0 Å². The number of anilines is 1. The van der Waals surface area contributed by atoms with Gasteiger partial charge in [0.15, 0.2) is 11.5 Å². The number of benzene rings is 2. The predicted molar refractivity (Wildman–Crippen MR) is 97.7 cm³/mol. The quantitative estimate of drug-likeness (QED) is 0.684. The Balaban J connectivity index is 1.75. The van der Waals surface area contributed by atoms with Gasteiger partial charge in [-0.05, 0) is 42.8 Å². The molecule has 6 heteroatoms. The highest BCUT2D eigenvalue weighted by Crippen LogP contribution is 2.29. The van der Waals surface area contributed by atoms with E-state index >= 15 is 0 Å². The number of rotatable bonds is 9. The monoisotopic (exact) mass is 344 g/mol. The van der Waals surface area contributed by atoms with E-state index in [9.17, 15) is 4.79 Å². The Kier molecular flexibility index (Phi) is 7.10. The predicted octanol–water partition coefficient (Wildman–Crippen LogP) is 2.48. The molecule has 25 heavy (non-hydrogen) atoms. The molecule has 2 N–H and O–H groups in total. The SMILES string of the molecule is COc1ccc(CCNCC(=O)Nc2ccc(OC)c(OC)c2)cc1. The maximum atomic E-state index is 12.0. The lowest BCUT2D eigenvalue weighted by atomic mass is 10.1. The first-order valence-corrected chi connectivity index (χ1v) is 8.01. The van der Waals surface area contributed by atoms with Gasteiger partial charge in [-0.15, -0.1) is 0 Å². The van der Waals surface area contributed by atoms with Crippen molar-refractivity contribution >= 4 is 11.6 Å². The van der Waals surface area contributed by atoms with E-state index in [1.807, 2.05) is 24.3 Å². The topological polar surface area (TPSA) is 68.8 Å². The molecule has 2 aromatic carbocycles. The zero-order chi connectivity index (χ0) is 18.1. The molecule has 0 saturated carbocycles. The molecule has 0 heterocycles. The Bertz CT molecular complexity index is 686. The van der Waals surface area contributed by atoms with Gasteiger partial charge < -0.3 is 24.8 Å². The second-order valence-corrected chi connectivity index (χ2v) is 5.39. The van der Waals surface area contributed by atoms with E-state index in [0.717, 1.165) is 12.2 Å². The molecule has 0 saturated heterocycles. The van der Waals surface area contributed by atoms with E-state index in [1.54, 1.807) is 39.5 Å². The van der Waals surface area contributed by atoms with E-state index in [4.69, 9.17) is 14.2 Å². The van der Waals surface area contributed by atoms with Gasteiger partial charge in [0, 0.05) is 11.8 Å². The van der Waals surface area contributed by atoms with Gasteiger partial charge in [0.2, 0.25) is 5.91 Å². The Labute approximate surface area is 148 Å². The summed E-state index contributed by atoms with van der Waals surface area (Å²) >= 11 is 0. The number of carbonyl (C=O) groups excluding carboxylic acids is 1. The Hall–Kier alpha value is -2.73.